The first-order chi connectivity index (χ1) is 6.78. The minimum absolute atomic E-state index is 0.476. The lowest BCUT2D eigenvalue weighted by molar-refractivity contribution is -0.126. The smallest absolute Gasteiger partial charge is 0.0557 e. The van der Waals surface area contributed by atoms with Gasteiger partial charge in [0.2, 0.25) is 0 Å². The van der Waals surface area contributed by atoms with E-state index in [0.29, 0.717) is 5.41 Å². The van der Waals surface area contributed by atoms with Gasteiger partial charge in [-0.3, -0.25) is 0 Å². The predicted octanol–water partition coefficient (Wildman–Crippen LogP) is 0.694. The van der Waals surface area contributed by atoms with Crippen LogP contribution < -0.4 is 5.73 Å². The number of nitrogens with two attached hydrogens (primary N) is 1. The molecule has 2 fully saturated rings. The van der Waals surface area contributed by atoms with Gasteiger partial charge in [0.1, 0.15) is 0 Å². The van der Waals surface area contributed by atoms with Crippen LogP contribution in [0.5, 0.6) is 0 Å². The molecule has 0 aromatic heterocycles. The van der Waals surface area contributed by atoms with Crippen molar-refractivity contribution in [2.45, 2.75) is 19.8 Å². The largest absolute Gasteiger partial charge is 0.380 e. The van der Waals surface area contributed by atoms with E-state index in [9.17, 15) is 0 Å². The summed E-state index contributed by atoms with van der Waals surface area (Å²) in [5.41, 5.74) is 6.16. The van der Waals surface area contributed by atoms with E-state index in [1.54, 1.807) is 0 Å². The molecule has 1 unspecified atom stereocenters. The van der Waals surface area contributed by atoms with Crippen molar-refractivity contribution in [3.05, 3.63) is 0 Å². The van der Waals surface area contributed by atoms with Crippen LogP contribution in [0.25, 0.3) is 0 Å². The highest BCUT2D eigenvalue weighted by molar-refractivity contribution is 4.89. The maximum atomic E-state index is 5.69. The van der Waals surface area contributed by atoms with Gasteiger partial charge >= 0.3 is 0 Å². The molecule has 0 aromatic rings. The van der Waals surface area contributed by atoms with Crippen LogP contribution in [0.15, 0.2) is 0 Å². The van der Waals surface area contributed by atoms with Crippen LogP contribution in [-0.4, -0.2) is 44.3 Å². The number of rotatable bonds is 4. The minimum atomic E-state index is 0.476. The number of hydrogen-bond acceptors (Lipinski definition) is 3. The van der Waals surface area contributed by atoms with E-state index < -0.39 is 0 Å². The van der Waals surface area contributed by atoms with E-state index in [0.717, 1.165) is 25.7 Å². The highest BCUT2D eigenvalue weighted by atomic mass is 16.5. The fourth-order valence-corrected chi connectivity index (χ4v) is 2.52. The monoisotopic (exact) mass is 198 g/mol. The van der Waals surface area contributed by atoms with Gasteiger partial charge in [-0.15, -0.1) is 0 Å². The molecule has 2 heterocycles. The van der Waals surface area contributed by atoms with Crippen LogP contribution in [0.4, 0.5) is 0 Å². The lowest BCUT2D eigenvalue weighted by Crippen LogP contribution is -2.50. The van der Waals surface area contributed by atoms with E-state index in [1.165, 1.54) is 32.5 Å². The van der Waals surface area contributed by atoms with Crippen LogP contribution in [0.3, 0.4) is 0 Å². The topological polar surface area (TPSA) is 38.5 Å². The third-order valence-electron chi connectivity index (χ3n) is 3.83. The maximum Gasteiger partial charge on any atom is 0.0557 e. The summed E-state index contributed by atoms with van der Waals surface area (Å²) in [6.45, 7) is 8.73. The highest BCUT2D eigenvalue weighted by Crippen LogP contribution is 2.33. The zero-order valence-electron chi connectivity index (χ0n) is 9.17. The molecule has 0 aromatic carbocycles. The van der Waals surface area contributed by atoms with Crippen molar-refractivity contribution in [1.29, 1.82) is 0 Å². The number of nitrogens with zero attached hydrogens (tertiary/aromatic N) is 1. The molecule has 0 aliphatic carbocycles. The predicted molar refractivity (Wildman–Crippen MR) is 57.1 cm³/mol. The molecular weight excluding hydrogens is 176 g/mol. The molecule has 1 atom stereocenters. The second-order valence-electron chi connectivity index (χ2n) is 4.97. The van der Waals surface area contributed by atoms with Crippen LogP contribution in [-0.2, 0) is 4.74 Å². The highest BCUT2D eigenvalue weighted by Gasteiger charge is 2.39. The Bertz CT molecular complexity index is 186. The number of hydrogen-bond donors (Lipinski definition) is 1. The van der Waals surface area contributed by atoms with Crippen molar-refractivity contribution >= 4 is 0 Å². The lowest BCUT2D eigenvalue weighted by atomic mass is 9.82. The van der Waals surface area contributed by atoms with Gasteiger partial charge in [-0.1, -0.05) is 6.92 Å². The second kappa shape index (κ2) is 4.17. The van der Waals surface area contributed by atoms with Crippen LogP contribution in [0.2, 0.25) is 0 Å². The molecule has 2 rings (SSSR count). The fourth-order valence-electron chi connectivity index (χ4n) is 2.52. The summed E-state index contributed by atoms with van der Waals surface area (Å²) in [6.07, 6.45) is 2.54. The van der Waals surface area contributed by atoms with Crippen molar-refractivity contribution in [3.63, 3.8) is 0 Å². The maximum absolute atomic E-state index is 5.69. The lowest BCUT2D eigenvalue weighted by Gasteiger charge is -2.43. The van der Waals surface area contributed by atoms with E-state index in [-0.39, 0.29) is 0 Å². The van der Waals surface area contributed by atoms with E-state index in [4.69, 9.17) is 10.5 Å². The van der Waals surface area contributed by atoms with E-state index in [2.05, 4.69) is 11.8 Å². The summed E-state index contributed by atoms with van der Waals surface area (Å²) in [7, 11) is 0. The third-order valence-corrected chi connectivity index (χ3v) is 3.83. The molecule has 0 spiro atoms. The summed E-state index contributed by atoms with van der Waals surface area (Å²) in [5.74, 6) is 0.741. The molecule has 2 aliphatic rings. The van der Waals surface area contributed by atoms with Crippen LogP contribution in [0.1, 0.15) is 19.8 Å². The van der Waals surface area contributed by atoms with Crippen molar-refractivity contribution in [1.82, 2.24) is 4.90 Å². The van der Waals surface area contributed by atoms with Gasteiger partial charge in [0.05, 0.1) is 13.2 Å². The number of likely N-dealkylation sites (tertiary alicyclic amines) is 1. The van der Waals surface area contributed by atoms with Crippen molar-refractivity contribution < 1.29 is 4.74 Å². The molecule has 2 aliphatic heterocycles. The molecular formula is C11H22N2O. The first-order valence-electron chi connectivity index (χ1n) is 5.78. The van der Waals surface area contributed by atoms with Crippen molar-refractivity contribution in [3.8, 4) is 0 Å². The first kappa shape index (κ1) is 10.4. The summed E-state index contributed by atoms with van der Waals surface area (Å²) in [4.78, 5) is 2.57. The Kier molecular flexibility index (Phi) is 3.10. The Hall–Kier alpha value is -0.120. The number of ether oxygens (including phenoxy) is 1. The van der Waals surface area contributed by atoms with Gasteiger partial charge in [0.15, 0.2) is 0 Å². The van der Waals surface area contributed by atoms with Crippen molar-refractivity contribution in [2.75, 3.05) is 39.4 Å². The zero-order valence-corrected chi connectivity index (χ0v) is 9.17. The first-order valence-corrected chi connectivity index (χ1v) is 5.78. The van der Waals surface area contributed by atoms with Crippen molar-refractivity contribution in [2.24, 2.45) is 17.1 Å². The molecule has 0 amide bonds. The van der Waals surface area contributed by atoms with Gasteiger partial charge in [-0.2, -0.15) is 0 Å². The van der Waals surface area contributed by atoms with Crippen LogP contribution in [0, 0.1) is 11.3 Å². The average molecular weight is 198 g/mol. The zero-order chi connectivity index (χ0) is 10.0. The third kappa shape index (κ3) is 1.95. The molecule has 3 nitrogen and oxygen atoms in total. The Morgan fingerprint density at radius 1 is 1.50 bits per heavy atom. The Balaban J connectivity index is 1.80. The Morgan fingerprint density at radius 2 is 2.29 bits per heavy atom. The molecule has 0 saturated carbocycles. The Labute approximate surface area is 86.6 Å². The molecule has 0 bridgehead atoms. The minimum Gasteiger partial charge on any atom is -0.380 e. The molecule has 82 valence electrons. The molecule has 0 radical (unpaired) electrons. The Morgan fingerprint density at radius 3 is 2.71 bits per heavy atom. The molecule has 2 N–H and O–H groups in total. The van der Waals surface area contributed by atoms with Gasteiger partial charge in [-0.05, 0) is 31.8 Å². The standard InChI is InChI=1S/C11H22N2O/c1-2-11(8-14-9-11)7-13-4-3-10(5-12)6-13/h10H,2-9,12H2,1H3. The summed E-state index contributed by atoms with van der Waals surface area (Å²) < 4.78 is 5.34. The van der Waals surface area contributed by atoms with Gasteiger partial charge in [0, 0.05) is 18.5 Å². The molecule has 14 heavy (non-hydrogen) atoms. The normalized spacial score (nSPS) is 31.7. The second-order valence-corrected chi connectivity index (χ2v) is 4.97. The fraction of sp³-hybridized carbons (Fsp3) is 1.00. The summed E-state index contributed by atoms with van der Waals surface area (Å²) in [5, 5.41) is 0. The summed E-state index contributed by atoms with van der Waals surface area (Å²) >= 11 is 0. The van der Waals surface area contributed by atoms with Gasteiger partial charge in [0.25, 0.3) is 0 Å². The van der Waals surface area contributed by atoms with Crippen LogP contribution >= 0.6 is 0 Å². The summed E-state index contributed by atoms with van der Waals surface area (Å²) in [6, 6.07) is 0. The average Bonchev–Trinajstić information content (AvgIpc) is 2.59. The molecule has 3 heteroatoms. The molecule has 2 saturated heterocycles. The van der Waals surface area contributed by atoms with Gasteiger partial charge < -0.3 is 15.4 Å². The SMILES string of the molecule is CCC1(CN2CCC(CN)C2)COC1. The van der Waals surface area contributed by atoms with Gasteiger partial charge in [-0.25, -0.2) is 0 Å². The van der Waals surface area contributed by atoms with E-state index in [1.807, 2.05) is 0 Å². The quantitative estimate of drug-likeness (QED) is 0.722. The van der Waals surface area contributed by atoms with E-state index >= 15 is 0 Å².